The van der Waals surface area contributed by atoms with Crippen LogP contribution in [0.15, 0.2) is 29.3 Å². The van der Waals surface area contributed by atoms with Crippen LogP contribution in [0.5, 0.6) is 0 Å². The fraction of sp³-hybridized carbons (Fsp3) is 0.222. The Hall–Kier alpha value is -3.00. The molecule has 7 nitrogen and oxygen atoms in total. The number of primary amides is 1. The predicted octanol–water partition coefficient (Wildman–Crippen LogP) is 2.12. The Kier molecular flexibility index (Phi) is 4.60. The summed E-state index contributed by atoms with van der Waals surface area (Å²) >= 11 is 1.08. The summed E-state index contributed by atoms with van der Waals surface area (Å²) in [6.07, 6.45) is 1.31. The Morgan fingerprint density at radius 1 is 1.23 bits per heavy atom. The van der Waals surface area contributed by atoms with E-state index in [1.807, 2.05) is 32.0 Å². The smallest absolute Gasteiger partial charge is 0.262 e. The van der Waals surface area contributed by atoms with Crippen molar-refractivity contribution in [2.45, 2.75) is 27.3 Å². The average molecular weight is 370 g/mol. The highest BCUT2D eigenvalue weighted by Gasteiger charge is 2.18. The maximum atomic E-state index is 12.7. The zero-order valence-electron chi connectivity index (χ0n) is 14.6. The first-order valence-electron chi connectivity index (χ1n) is 7.93. The van der Waals surface area contributed by atoms with Crippen molar-refractivity contribution in [2.24, 2.45) is 5.73 Å². The minimum atomic E-state index is -0.594. The van der Waals surface area contributed by atoms with Gasteiger partial charge in [-0.3, -0.25) is 19.0 Å². The van der Waals surface area contributed by atoms with Crippen LogP contribution in [-0.2, 0) is 11.3 Å². The fourth-order valence-corrected chi connectivity index (χ4v) is 3.67. The van der Waals surface area contributed by atoms with Crippen molar-refractivity contribution < 1.29 is 9.59 Å². The summed E-state index contributed by atoms with van der Waals surface area (Å²) in [4.78, 5) is 41.3. The molecule has 0 aliphatic rings. The maximum absolute atomic E-state index is 12.7. The topological polar surface area (TPSA) is 107 Å². The van der Waals surface area contributed by atoms with E-state index in [1.165, 1.54) is 10.9 Å². The summed E-state index contributed by atoms with van der Waals surface area (Å²) in [6.45, 7) is 5.44. The molecule has 0 aliphatic carbocycles. The molecule has 0 saturated heterocycles. The van der Waals surface area contributed by atoms with Gasteiger partial charge in [0, 0.05) is 5.69 Å². The van der Waals surface area contributed by atoms with E-state index >= 15 is 0 Å². The second-order valence-corrected chi connectivity index (χ2v) is 7.12. The number of fused-ring (bicyclic) bond motifs is 1. The highest BCUT2D eigenvalue weighted by Crippen LogP contribution is 2.26. The molecular formula is C18H18N4O3S. The molecular weight excluding hydrogens is 352 g/mol. The van der Waals surface area contributed by atoms with Gasteiger partial charge in [0.05, 0.1) is 16.6 Å². The van der Waals surface area contributed by atoms with Crippen molar-refractivity contribution in [1.29, 1.82) is 0 Å². The molecule has 0 bridgehead atoms. The normalized spacial score (nSPS) is 10.9. The van der Waals surface area contributed by atoms with Crippen LogP contribution in [0.2, 0.25) is 0 Å². The monoisotopic (exact) mass is 370 g/mol. The summed E-state index contributed by atoms with van der Waals surface area (Å²) in [5.41, 5.74) is 8.32. The molecule has 0 spiro atoms. The molecule has 2 heterocycles. The highest BCUT2D eigenvalue weighted by atomic mass is 32.1. The molecule has 0 fully saturated rings. The molecule has 0 unspecified atom stereocenters. The van der Waals surface area contributed by atoms with Gasteiger partial charge in [0.2, 0.25) is 5.91 Å². The van der Waals surface area contributed by atoms with E-state index in [0.717, 1.165) is 22.5 Å². The van der Waals surface area contributed by atoms with E-state index < -0.39 is 5.91 Å². The highest BCUT2D eigenvalue weighted by molar-refractivity contribution is 7.20. The summed E-state index contributed by atoms with van der Waals surface area (Å²) < 4.78 is 1.23. The SMILES string of the molecule is Cc1ccc(NC(=O)Cn2cnc3sc(C(N)=O)c(C)c3c2=O)cc1C. The van der Waals surface area contributed by atoms with E-state index in [1.54, 1.807) is 6.92 Å². The van der Waals surface area contributed by atoms with E-state index in [4.69, 9.17) is 5.73 Å². The van der Waals surface area contributed by atoms with Crippen molar-refractivity contribution in [1.82, 2.24) is 9.55 Å². The van der Waals surface area contributed by atoms with Crippen molar-refractivity contribution in [3.63, 3.8) is 0 Å². The zero-order chi connectivity index (χ0) is 19.0. The van der Waals surface area contributed by atoms with Gasteiger partial charge in [0.1, 0.15) is 11.4 Å². The first-order valence-corrected chi connectivity index (χ1v) is 8.75. The van der Waals surface area contributed by atoms with Gasteiger partial charge < -0.3 is 11.1 Å². The van der Waals surface area contributed by atoms with Crippen LogP contribution in [-0.4, -0.2) is 21.4 Å². The van der Waals surface area contributed by atoms with E-state index in [0.29, 0.717) is 26.3 Å². The molecule has 2 aromatic heterocycles. The van der Waals surface area contributed by atoms with Crippen molar-refractivity contribution in [3.05, 3.63) is 56.4 Å². The van der Waals surface area contributed by atoms with Gasteiger partial charge in [-0.2, -0.15) is 0 Å². The maximum Gasteiger partial charge on any atom is 0.262 e. The molecule has 1 aromatic carbocycles. The number of nitrogens with zero attached hydrogens (tertiary/aromatic N) is 2. The molecule has 0 radical (unpaired) electrons. The van der Waals surface area contributed by atoms with Crippen molar-refractivity contribution in [3.8, 4) is 0 Å². The minimum absolute atomic E-state index is 0.171. The molecule has 3 rings (SSSR count). The number of aromatic nitrogens is 2. The summed E-state index contributed by atoms with van der Waals surface area (Å²) in [5, 5.41) is 3.10. The number of anilines is 1. The van der Waals surface area contributed by atoms with Gasteiger partial charge in [0.15, 0.2) is 0 Å². The predicted molar refractivity (Wildman–Crippen MR) is 102 cm³/mol. The third-order valence-corrected chi connectivity index (χ3v) is 5.46. The molecule has 3 N–H and O–H groups in total. The molecule has 26 heavy (non-hydrogen) atoms. The van der Waals surface area contributed by atoms with Gasteiger partial charge in [-0.25, -0.2) is 4.98 Å². The summed E-state index contributed by atoms with van der Waals surface area (Å²) in [6, 6.07) is 5.61. The van der Waals surface area contributed by atoms with Crippen LogP contribution in [0.25, 0.3) is 10.2 Å². The fourth-order valence-electron chi connectivity index (χ4n) is 2.68. The van der Waals surface area contributed by atoms with Gasteiger partial charge in [-0.05, 0) is 49.6 Å². The quantitative estimate of drug-likeness (QED) is 0.733. The number of aryl methyl sites for hydroxylation is 3. The number of hydrogen-bond acceptors (Lipinski definition) is 5. The Labute approximate surface area is 153 Å². The van der Waals surface area contributed by atoms with Crippen LogP contribution in [0.1, 0.15) is 26.4 Å². The van der Waals surface area contributed by atoms with Gasteiger partial charge in [-0.1, -0.05) is 6.07 Å². The lowest BCUT2D eigenvalue weighted by molar-refractivity contribution is -0.116. The average Bonchev–Trinajstić information content (AvgIpc) is 2.91. The minimum Gasteiger partial charge on any atom is -0.365 e. The number of benzene rings is 1. The second-order valence-electron chi connectivity index (χ2n) is 6.13. The Morgan fingerprint density at radius 2 is 1.96 bits per heavy atom. The third-order valence-electron chi connectivity index (χ3n) is 4.25. The van der Waals surface area contributed by atoms with Crippen LogP contribution in [0, 0.1) is 20.8 Å². The van der Waals surface area contributed by atoms with Gasteiger partial charge >= 0.3 is 0 Å². The molecule has 2 amide bonds. The first-order chi connectivity index (χ1) is 12.3. The molecule has 0 atom stereocenters. The lowest BCUT2D eigenvalue weighted by atomic mass is 10.1. The van der Waals surface area contributed by atoms with Crippen LogP contribution < -0.4 is 16.6 Å². The van der Waals surface area contributed by atoms with Crippen LogP contribution >= 0.6 is 11.3 Å². The number of nitrogens with two attached hydrogens (primary N) is 1. The van der Waals surface area contributed by atoms with Crippen molar-refractivity contribution >= 4 is 39.1 Å². The largest absolute Gasteiger partial charge is 0.365 e. The Morgan fingerprint density at radius 3 is 2.62 bits per heavy atom. The van der Waals surface area contributed by atoms with Gasteiger partial charge in [0.25, 0.3) is 11.5 Å². The first kappa shape index (κ1) is 17.8. The Balaban J connectivity index is 1.88. The summed E-state index contributed by atoms with van der Waals surface area (Å²) in [7, 11) is 0. The molecule has 8 heteroatoms. The number of carbonyl (C=O) groups is 2. The second kappa shape index (κ2) is 6.72. The number of hydrogen-bond donors (Lipinski definition) is 2. The lowest BCUT2D eigenvalue weighted by Crippen LogP contribution is -2.28. The van der Waals surface area contributed by atoms with E-state index in [-0.39, 0.29) is 18.0 Å². The lowest BCUT2D eigenvalue weighted by Gasteiger charge is -2.09. The molecule has 134 valence electrons. The molecule has 0 aliphatic heterocycles. The third kappa shape index (κ3) is 3.23. The van der Waals surface area contributed by atoms with Crippen LogP contribution in [0.4, 0.5) is 5.69 Å². The molecule has 3 aromatic rings. The summed E-state index contributed by atoms with van der Waals surface area (Å²) in [5.74, 6) is -0.927. The number of nitrogens with one attached hydrogen (secondary N) is 1. The van der Waals surface area contributed by atoms with Crippen LogP contribution in [0.3, 0.4) is 0 Å². The number of carbonyl (C=O) groups excluding carboxylic acids is 2. The number of rotatable bonds is 4. The standard InChI is InChI=1S/C18H18N4O3S/c1-9-4-5-12(6-10(9)2)21-13(23)7-22-8-20-17-14(18(22)25)11(3)15(26-17)16(19)24/h4-6,8H,7H2,1-3H3,(H2,19,24)(H,21,23). The van der Waals surface area contributed by atoms with E-state index in [9.17, 15) is 14.4 Å². The van der Waals surface area contributed by atoms with Crippen molar-refractivity contribution in [2.75, 3.05) is 5.32 Å². The Bertz CT molecular complexity index is 1100. The van der Waals surface area contributed by atoms with Gasteiger partial charge in [-0.15, -0.1) is 11.3 Å². The molecule has 0 saturated carbocycles. The van der Waals surface area contributed by atoms with E-state index in [2.05, 4.69) is 10.3 Å². The number of thiophene rings is 1. The number of amides is 2. The zero-order valence-corrected chi connectivity index (χ0v) is 15.4.